The molecule has 0 aromatic heterocycles. The van der Waals surface area contributed by atoms with Crippen LogP contribution in [-0.4, -0.2) is 109 Å². The molecule has 0 spiro atoms. The summed E-state index contributed by atoms with van der Waals surface area (Å²) < 4.78 is 32.4. The molecule has 0 heterocycles. The maximum atomic E-state index is 12.6. The van der Waals surface area contributed by atoms with Gasteiger partial charge in [-0.25, -0.2) is 4.57 Å². The molecule has 6 unspecified atom stereocenters. The van der Waals surface area contributed by atoms with E-state index in [0.29, 0.717) is 6.42 Å². The molecule has 7 N–H and O–H groups in total. The van der Waals surface area contributed by atoms with Crippen LogP contribution in [-0.2, 0) is 37.5 Å². The number of phosphoric acid groups is 1. The van der Waals surface area contributed by atoms with E-state index in [4.69, 9.17) is 23.6 Å². The minimum atomic E-state index is -5.17. The van der Waals surface area contributed by atoms with Gasteiger partial charge in [-0.3, -0.25) is 23.4 Å². The Kier molecular flexibility index (Phi) is 23.0. The highest BCUT2D eigenvalue weighted by Crippen LogP contribution is 2.47. The molecule has 280 valence electrons. The lowest BCUT2D eigenvalue weighted by atomic mass is 9.85. The average molecular weight is 713 g/mol. The molecule has 0 aromatic rings. The van der Waals surface area contributed by atoms with Gasteiger partial charge in [-0.05, 0) is 38.5 Å². The molecule has 1 aliphatic rings. The van der Waals surface area contributed by atoms with Crippen LogP contribution in [0.1, 0.15) is 116 Å². The van der Waals surface area contributed by atoms with Crippen molar-refractivity contribution in [2.75, 3.05) is 13.2 Å². The number of allylic oxidation sites excluding steroid dienone is 2. The zero-order valence-corrected chi connectivity index (χ0v) is 28.9. The molecule has 0 radical (unpaired) electrons. The quantitative estimate of drug-likeness (QED) is 0.0280. The van der Waals surface area contributed by atoms with Crippen LogP contribution in [0.2, 0.25) is 0 Å². The van der Waals surface area contributed by atoms with E-state index in [0.717, 1.165) is 38.5 Å². The first-order valence-electron chi connectivity index (χ1n) is 17.1. The van der Waals surface area contributed by atoms with E-state index in [1.807, 2.05) is 0 Å². The molecule has 1 fully saturated rings. The summed E-state index contributed by atoms with van der Waals surface area (Å²) >= 11 is 0. The Morgan fingerprint density at radius 2 is 1.17 bits per heavy atom. The number of carbonyl (C=O) groups excluding carboxylic acids is 2. The number of hydrogen-bond acceptors (Lipinski definition) is 13. The Labute approximate surface area is 282 Å². The molecule has 0 aliphatic heterocycles. The molecular formula is C32H57O15P. The second kappa shape index (κ2) is 25.1. The molecule has 8 atom stereocenters. The molecule has 15 nitrogen and oxygen atoms in total. The van der Waals surface area contributed by atoms with E-state index in [9.17, 15) is 49.4 Å². The van der Waals surface area contributed by atoms with Gasteiger partial charge in [0.05, 0.1) is 6.61 Å². The predicted octanol–water partition coefficient (Wildman–Crippen LogP) is 3.05. The number of carbonyl (C=O) groups is 3. The maximum absolute atomic E-state index is 12.6. The normalized spacial score (nSPS) is 24.6. The van der Waals surface area contributed by atoms with Gasteiger partial charge in [0.2, 0.25) is 0 Å². The second-order valence-electron chi connectivity index (χ2n) is 12.2. The van der Waals surface area contributed by atoms with Crippen LogP contribution in [0.3, 0.4) is 0 Å². The standard InChI is InChI=1S/C32H57O15P/c1-2-3-4-5-6-7-8-9-10-11-12-13-14-15-16-19-25(35)44-21-23(46-26(36)20-17-18-24(33)34)22-45-48(42,43)47-32-30(40)28(38)27(37)29(39)31(32)41/h9-10,23,27-32,37-41H,2-8,11-22H2,1H3,(H,33,34)(H,42,43)/b10-9-/t23-,27?,28-,29?,30?,31?,32?/m1/s1. The van der Waals surface area contributed by atoms with Crippen LogP contribution >= 0.6 is 7.82 Å². The number of phosphoric ester groups is 1. The van der Waals surface area contributed by atoms with Crippen molar-refractivity contribution in [3.8, 4) is 0 Å². The highest BCUT2D eigenvalue weighted by Gasteiger charge is 2.51. The van der Waals surface area contributed by atoms with Gasteiger partial charge in [0.25, 0.3) is 0 Å². The monoisotopic (exact) mass is 712 g/mol. The predicted molar refractivity (Wildman–Crippen MR) is 172 cm³/mol. The molecule has 16 heteroatoms. The summed E-state index contributed by atoms with van der Waals surface area (Å²) in [5, 5.41) is 58.2. The van der Waals surface area contributed by atoms with E-state index in [1.54, 1.807) is 0 Å². The summed E-state index contributed by atoms with van der Waals surface area (Å²) in [4.78, 5) is 45.4. The van der Waals surface area contributed by atoms with Gasteiger partial charge in [0.1, 0.15) is 43.2 Å². The lowest BCUT2D eigenvalue weighted by Gasteiger charge is -2.41. The van der Waals surface area contributed by atoms with E-state index in [2.05, 4.69) is 19.1 Å². The van der Waals surface area contributed by atoms with Crippen molar-refractivity contribution < 1.29 is 73.0 Å². The van der Waals surface area contributed by atoms with Crippen molar-refractivity contribution in [1.82, 2.24) is 0 Å². The Morgan fingerprint density at radius 1 is 0.667 bits per heavy atom. The third-order valence-electron chi connectivity index (χ3n) is 7.89. The number of aliphatic carboxylic acids is 1. The number of aliphatic hydroxyl groups excluding tert-OH is 5. The second-order valence-corrected chi connectivity index (χ2v) is 13.6. The number of esters is 2. The largest absolute Gasteiger partial charge is 0.481 e. The fraction of sp³-hybridized carbons (Fsp3) is 0.844. The number of aliphatic hydroxyl groups is 5. The fourth-order valence-corrected chi connectivity index (χ4v) is 6.00. The van der Waals surface area contributed by atoms with Crippen LogP contribution in [0, 0.1) is 0 Å². The number of carboxylic acids is 1. The van der Waals surface area contributed by atoms with Gasteiger partial charge in [-0.15, -0.1) is 0 Å². The Morgan fingerprint density at radius 3 is 1.73 bits per heavy atom. The van der Waals surface area contributed by atoms with Crippen molar-refractivity contribution in [2.45, 2.75) is 159 Å². The van der Waals surface area contributed by atoms with Gasteiger partial charge in [-0.1, -0.05) is 70.4 Å². The lowest BCUT2D eigenvalue weighted by Crippen LogP contribution is -2.64. The summed E-state index contributed by atoms with van der Waals surface area (Å²) in [6.07, 6.45) is 4.58. The van der Waals surface area contributed by atoms with Crippen molar-refractivity contribution in [3.63, 3.8) is 0 Å². The first-order valence-corrected chi connectivity index (χ1v) is 18.6. The Balaban J connectivity index is 2.46. The van der Waals surface area contributed by atoms with Crippen molar-refractivity contribution in [2.24, 2.45) is 0 Å². The Bertz CT molecular complexity index is 977. The molecular weight excluding hydrogens is 655 g/mol. The Hall–Kier alpha value is -1.94. The minimum absolute atomic E-state index is 0.0490. The number of ether oxygens (including phenoxy) is 2. The van der Waals surface area contributed by atoms with Crippen LogP contribution in [0.25, 0.3) is 0 Å². The molecule has 0 bridgehead atoms. The highest BCUT2D eigenvalue weighted by atomic mass is 31.2. The van der Waals surface area contributed by atoms with Gasteiger partial charge in [0, 0.05) is 19.3 Å². The maximum Gasteiger partial charge on any atom is 0.472 e. The fourth-order valence-electron chi connectivity index (χ4n) is 5.03. The van der Waals surface area contributed by atoms with E-state index in [1.165, 1.54) is 38.5 Å². The summed E-state index contributed by atoms with van der Waals surface area (Å²) in [6, 6.07) is 0. The van der Waals surface area contributed by atoms with E-state index < -0.39 is 81.7 Å². The third kappa shape index (κ3) is 19.3. The first-order chi connectivity index (χ1) is 22.8. The smallest absolute Gasteiger partial charge is 0.472 e. The molecule has 48 heavy (non-hydrogen) atoms. The molecule has 1 rings (SSSR count). The number of hydrogen-bond donors (Lipinski definition) is 7. The van der Waals surface area contributed by atoms with Gasteiger partial charge in [-0.2, -0.15) is 0 Å². The minimum Gasteiger partial charge on any atom is -0.481 e. The van der Waals surface area contributed by atoms with Gasteiger partial charge >= 0.3 is 25.7 Å². The molecule has 0 amide bonds. The topological polar surface area (TPSA) is 247 Å². The number of carboxylic acid groups (broad SMARTS) is 1. The molecule has 0 saturated heterocycles. The lowest BCUT2D eigenvalue weighted by molar-refractivity contribution is -0.220. The molecule has 1 aliphatic carbocycles. The number of unbranched alkanes of at least 4 members (excludes halogenated alkanes) is 11. The third-order valence-corrected chi connectivity index (χ3v) is 8.88. The van der Waals surface area contributed by atoms with Crippen LogP contribution in [0.4, 0.5) is 0 Å². The average Bonchev–Trinajstić information content (AvgIpc) is 3.04. The summed E-state index contributed by atoms with van der Waals surface area (Å²) in [5.41, 5.74) is 0. The van der Waals surface area contributed by atoms with Crippen LogP contribution in [0.5, 0.6) is 0 Å². The van der Waals surface area contributed by atoms with Crippen molar-refractivity contribution in [3.05, 3.63) is 12.2 Å². The van der Waals surface area contributed by atoms with Crippen molar-refractivity contribution >= 4 is 25.7 Å². The van der Waals surface area contributed by atoms with Crippen molar-refractivity contribution in [1.29, 1.82) is 0 Å². The van der Waals surface area contributed by atoms with E-state index >= 15 is 0 Å². The zero-order chi connectivity index (χ0) is 36.0. The van der Waals surface area contributed by atoms with Crippen LogP contribution in [0.15, 0.2) is 12.2 Å². The van der Waals surface area contributed by atoms with Gasteiger partial charge < -0.3 is 45.0 Å². The van der Waals surface area contributed by atoms with Gasteiger partial charge in [0.15, 0.2) is 6.10 Å². The summed E-state index contributed by atoms with van der Waals surface area (Å²) in [7, 11) is -5.17. The SMILES string of the molecule is CCCCCCCC/C=C\CCCCCCCC(=O)OC[C@H](COP(=O)(O)OC1C(O)C(O)C(O)[C@@H](O)C1O)OC(=O)CCCC(=O)O. The van der Waals surface area contributed by atoms with Crippen LogP contribution < -0.4 is 0 Å². The number of rotatable bonds is 27. The first kappa shape index (κ1) is 44.1. The summed E-state index contributed by atoms with van der Waals surface area (Å²) in [6.45, 7) is 0.795. The molecule has 0 aromatic carbocycles. The zero-order valence-electron chi connectivity index (χ0n) is 28.0. The molecule has 1 saturated carbocycles. The highest BCUT2D eigenvalue weighted by molar-refractivity contribution is 7.47. The van der Waals surface area contributed by atoms with E-state index in [-0.39, 0.29) is 25.7 Å². The summed E-state index contributed by atoms with van der Waals surface area (Å²) in [5.74, 6) is -2.61.